The van der Waals surface area contributed by atoms with Gasteiger partial charge in [0.15, 0.2) is 17.3 Å². The fourth-order valence-electron chi connectivity index (χ4n) is 3.69. The van der Waals surface area contributed by atoms with E-state index in [4.69, 9.17) is 23.7 Å². The van der Waals surface area contributed by atoms with Gasteiger partial charge in [0.1, 0.15) is 35.5 Å². The van der Waals surface area contributed by atoms with Gasteiger partial charge in [-0.25, -0.2) is 8.78 Å². The van der Waals surface area contributed by atoms with Crippen molar-refractivity contribution in [1.82, 2.24) is 0 Å². The molecule has 6 nitrogen and oxygen atoms in total. The first-order chi connectivity index (χ1) is 16.4. The molecule has 1 aliphatic rings. The molecular weight excluding hydrogens is 446 g/mol. The Labute approximate surface area is 195 Å². The van der Waals surface area contributed by atoms with Crippen molar-refractivity contribution in [3.05, 3.63) is 82.1 Å². The van der Waals surface area contributed by atoms with Gasteiger partial charge in [-0.3, -0.25) is 4.79 Å². The maximum absolute atomic E-state index is 13.9. The Morgan fingerprint density at radius 3 is 2.21 bits per heavy atom. The van der Waals surface area contributed by atoms with Crippen LogP contribution >= 0.6 is 0 Å². The summed E-state index contributed by atoms with van der Waals surface area (Å²) in [5.74, 6) is 0.396. The predicted octanol–water partition coefficient (Wildman–Crippen LogP) is 5.49. The Bertz CT molecular complexity index is 1280. The molecule has 176 valence electrons. The summed E-state index contributed by atoms with van der Waals surface area (Å²) < 4.78 is 55.3. The molecule has 0 fully saturated rings. The molecule has 0 aromatic heterocycles. The van der Waals surface area contributed by atoms with E-state index in [1.165, 1.54) is 33.5 Å². The molecule has 0 saturated heterocycles. The van der Waals surface area contributed by atoms with E-state index in [1.807, 2.05) is 0 Å². The highest BCUT2D eigenvalue weighted by Crippen LogP contribution is 2.40. The lowest BCUT2D eigenvalue weighted by atomic mass is 10.0. The van der Waals surface area contributed by atoms with E-state index >= 15 is 0 Å². The number of benzene rings is 3. The predicted molar refractivity (Wildman–Crippen MR) is 121 cm³/mol. The highest BCUT2D eigenvalue weighted by Gasteiger charge is 2.30. The van der Waals surface area contributed by atoms with Gasteiger partial charge in [0.2, 0.25) is 5.78 Å². The van der Waals surface area contributed by atoms with Gasteiger partial charge in [0, 0.05) is 17.7 Å². The van der Waals surface area contributed by atoms with Crippen LogP contribution in [0.4, 0.5) is 8.78 Å². The number of fused-ring (bicyclic) bond motifs is 1. The van der Waals surface area contributed by atoms with Gasteiger partial charge in [-0.1, -0.05) is 6.07 Å². The van der Waals surface area contributed by atoms with Crippen LogP contribution in [-0.2, 0) is 6.61 Å². The fraction of sp³-hybridized carbons (Fsp3) is 0.192. The van der Waals surface area contributed by atoms with Crippen molar-refractivity contribution in [3.63, 3.8) is 0 Å². The zero-order chi connectivity index (χ0) is 24.4. The standard InChI is InChI=1S/C26H22F2O6/c1-14-8-16(33-13-17-18(27)6-5-7-19(17)28)11-23-25(14)26(29)24(34-23)10-15-9-21(31-3)22(32-4)12-20(15)30-2/h5-12H,13H2,1-4H3/b24-10-. The summed E-state index contributed by atoms with van der Waals surface area (Å²) in [5.41, 5.74) is 1.36. The van der Waals surface area contributed by atoms with E-state index < -0.39 is 11.6 Å². The summed E-state index contributed by atoms with van der Waals surface area (Å²) in [7, 11) is 4.52. The van der Waals surface area contributed by atoms with Crippen LogP contribution in [-0.4, -0.2) is 27.1 Å². The number of hydrogen-bond acceptors (Lipinski definition) is 6. The monoisotopic (exact) mass is 468 g/mol. The first-order valence-electron chi connectivity index (χ1n) is 10.3. The van der Waals surface area contributed by atoms with Crippen LogP contribution in [0.3, 0.4) is 0 Å². The highest BCUT2D eigenvalue weighted by molar-refractivity contribution is 6.15. The van der Waals surface area contributed by atoms with Crippen LogP contribution in [0.25, 0.3) is 6.08 Å². The molecule has 0 radical (unpaired) electrons. The van der Waals surface area contributed by atoms with Gasteiger partial charge in [0.05, 0.1) is 32.5 Å². The zero-order valence-electron chi connectivity index (χ0n) is 19.0. The average molecular weight is 468 g/mol. The SMILES string of the molecule is COc1cc(OC)c(OC)cc1/C=C1\Oc2cc(OCc3c(F)cccc3F)cc(C)c2C1=O. The minimum Gasteiger partial charge on any atom is -0.496 e. The van der Waals surface area contributed by atoms with E-state index in [0.717, 1.165) is 12.1 Å². The van der Waals surface area contributed by atoms with Crippen LogP contribution in [0.1, 0.15) is 27.0 Å². The Morgan fingerprint density at radius 2 is 1.56 bits per heavy atom. The van der Waals surface area contributed by atoms with E-state index in [-0.39, 0.29) is 23.7 Å². The van der Waals surface area contributed by atoms with Gasteiger partial charge >= 0.3 is 0 Å². The number of methoxy groups -OCH3 is 3. The number of rotatable bonds is 7. The van der Waals surface area contributed by atoms with E-state index in [2.05, 4.69) is 0 Å². The third-order valence-electron chi connectivity index (χ3n) is 5.41. The van der Waals surface area contributed by atoms with Crippen molar-refractivity contribution in [2.24, 2.45) is 0 Å². The molecule has 0 amide bonds. The lowest BCUT2D eigenvalue weighted by Gasteiger charge is -2.12. The molecule has 34 heavy (non-hydrogen) atoms. The van der Waals surface area contributed by atoms with E-state index in [1.54, 1.807) is 31.2 Å². The fourth-order valence-corrected chi connectivity index (χ4v) is 3.69. The molecule has 0 bridgehead atoms. The third-order valence-corrected chi connectivity index (χ3v) is 5.41. The molecule has 0 aliphatic carbocycles. The van der Waals surface area contributed by atoms with E-state index in [0.29, 0.717) is 45.4 Å². The molecule has 1 heterocycles. The van der Waals surface area contributed by atoms with Gasteiger partial charge in [-0.05, 0) is 42.8 Å². The average Bonchev–Trinajstić information content (AvgIpc) is 3.13. The molecule has 4 rings (SSSR count). The molecule has 8 heteroatoms. The summed E-state index contributed by atoms with van der Waals surface area (Å²) in [4.78, 5) is 13.0. The summed E-state index contributed by atoms with van der Waals surface area (Å²) >= 11 is 0. The number of carbonyl (C=O) groups excluding carboxylic acids is 1. The van der Waals surface area contributed by atoms with Crippen molar-refractivity contribution in [2.45, 2.75) is 13.5 Å². The molecule has 0 saturated carbocycles. The lowest BCUT2D eigenvalue weighted by molar-refractivity contribution is 0.101. The van der Waals surface area contributed by atoms with Crippen LogP contribution in [0.2, 0.25) is 0 Å². The number of hydrogen-bond donors (Lipinski definition) is 0. The van der Waals surface area contributed by atoms with Crippen molar-refractivity contribution in [2.75, 3.05) is 21.3 Å². The van der Waals surface area contributed by atoms with Crippen molar-refractivity contribution in [1.29, 1.82) is 0 Å². The van der Waals surface area contributed by atoms with Crippen LogP contribution < -0.4 is 23.7 Å². The summed E-state index contributed by atoms with van der Waals surface area (Å²) in [6.45, 7) is 1.42. The smallest absolute Gasteiger partial charge is 0.232 e. The maximum atomic E-state index is 13.9. The number of ether oxygens (including phenoxy) is 5. The Morgan fingerprint density at radius 1 is 0.912 bits per heavy atom. The second-order valence-electron chi connectivity index (χ2n) is 7.49. The minimum absolute atomic E-state index is 0.0842. The first-order valence-corrected chi connectivity index (χ1v) is 10.3. The van der Waals surface area contributed by atoms with Gasteiger partial charge < -0.3 is 23.7 Å². The zero-order valence-corrected chi connectivity index (χ0v) is 19.0. The second kappa shape index (κ2) is 9.43. The number of halogens is 2. The molecule has 0 spiro atoms. The Kier molecular flexibility index (Phi) is 6.40. The largest absolute Gasteiger partial charge is 0.496 e. The lowest BCUT2D eigenvalue weighted by Crippen LogP contribution is -2.03. The molecular formula is C26H22F2O6. The van der Waals surface area contributed by atoms with Crippen LogP contribution in [0.5, 0.6) is 28.7 Å². The van der Waals surface area contributed by atoms with Crippen molar-refractivity contribution >= 4 is 11.9 Å². The van der Waals surface area contributed by atoms with E-state index in [9.17, 15) is 13.6 Å². The minimum atomic E-state index is -0.696. The number of Topliss-reactive ketones (excluding diaryl/α,β-unsaturated/α-hetero) is 1. The quantitative estimate of drug-likeness (QED) is 0.427. The highest BCUT2D eigenvalue weighted by atomic mass is 19.1. The molecule has 0 unspecified atom stereocenters. The summed E-state index contributed by atoms with van der Waals surface area (Å²) in [6.07, 6.45) is 1.55. The third kappa shape index (κ3) is 4.26. The van der Waals surface area contributed by atoms with Crippen molar-refractivity contribution in [3.8, 4) is 28.7 Å². The topological polar surface area (TPSA) is 63.2 Å². The molecule has 3 aromatic carbocycles. The summed E-state index contributed by atoms with van der Waals surface area (Å²) in [6, 6.07) is 10.1. The molecule has 1 aliphatic heterocycles. The summed E-state index contributed by atoms with van der Waals surface area (Å²) in [5, 5.41) is 0. The van der Waals surface area contributed by atoms with Gasteiger partial charge in [-0.15, -0.1) is 0 Å². The normalized spacial score (nSPS) is 13.5. The Hall–Kier alpha value is -4.07. The number of carbonyl (C=O) groups is 1. The van der Waals surface area contributed by atoms with Crippen LogP contribution in [0, 0.1) is 18.6 Å². The van der Waals surface area contributed by atoms with Gasteiger partial charge in [0.25, 0.3) is 0 Å². The van der Waals surface area contributed by atoms with Gasteiger partial charge in [-0.2, -0.15) is 0 Å². The maximum Gasteiger partial charge on any atom is 0.232 e. The second-order valence-corrected chi connectivity index (χ2v) is 7.49. The molecule has 3 aromatic rings. The molecule has 0 atom stereocenters. The first kappa shape index (κ1) is 23.1. The van der Waals surface area contributed by atoms with Crippen molar-refractivity contribution < 1.29 is 37.3 Å². The Balaban J connectivity index is 1.63. The number of ketones is 1. The van der Waals surface area contributed by atoms with Crippen LogP contribution in [0.15, 0.2) is 48.2 Å². The number of aryl methyl sites for hydroxylation is 1. The number of allylic oxidation sites excluding steroid dienone is 1. The molecule has 0 N–H and O–H groups in total.